The fourth-order valence-corrected chi connectivity index (χ4v) is 1.59. The molecule has 1 aromatic heterocycles. The second kappa shape index (κ2) is 7.21. The van der Waals surface area contributed by atoms with Crippen LogP contribution >= 0.6 is 15.9 Å². The van der Waals surface area contributed by atoms with Gasteiger partial charge in [-0.15, -0.1) is 0 Å². The summed E-state index contributed by atoms with van der Waals surface area (Å²) in [5.74, 6) is -1.88. The van der Waals surface area contributed by atoms with Gasteiger partial charge in [0.1, 0.15) is 4.60 Å². The molecule has 1 aromatic rings. The monoisotopic (exact) mass is 356 g/mol. The van der Waals surface area contributed by atoms with E-state index in [1.165, 1.54) is 13.8 Å². The van der Waals surface area contributed by atoms with E-state index in [0.29, 0.717) is 11.3 Å². The Balaban J connectivity index is 2.78. The number of hydrogen-bond donors (Lipinski definition) is 1. The first-order valence-corrected chi connectivity index (χ1v) is 6.95. The lowest BCUT2D eigenvalue weighted by Crippen LogP contribution is -2.31. The number of esters is 1. The molecule has 1 rings (SSSR count). The Bertz CT molecular complexity index is 553. The molecule has 114 valence electrons. The van der Waals surface area contributed by atoms with Crippen molar-refractivity contribution in [1.29, 1.82) is 0 Å². The molecule has 0 saturated carbocycles. The number of rotatable bonds is 6. The molecule has 0 fully saturated rings. The quantitative estimate of drug-likeness (QED) is 0.277. The SMILES string of the molecule is C/C(Nc1ccc(Br)nc1)=C(\C)C(=O)OC(C)(C)OC=O. The number of nitrogens with zero attached hydrogens (tertiary/aromatic N) is 1. The average Bonchev–Trinajstić information content (AvgIpc) is 2.39. The number of allylic oxidation sites excluding steroid dienone is 1. The summed E-state index contributed by atoms with van der Waals surface area (Å²) in [6.07, 6.45) is 1.63. The fraction of sp³-hybridized carbons (Fsp3) is 0.357. The van der Waals surface area contributed by atoms with Crippen molar-refractivity contribution >= 4 is 34.1 Å². The number of carbonyl (C=O) groups excluding carboxylic acids is 2. The van der Waals surface area contributed by atoms with Gasteiger partial charge < -0.3 is 14.8 Å². The summed E-state index contributed by atoms with van der Waals surface area (Å²) >= 11 is 3.24. The van der Waals surface area contributed by atoms with Crippen LogP contribution in [0.1, 0.15) is 27.7 Å². The highest BCUT2D eigenvalue weighted by atomic mass is 79.9. The molecular formula is C14H17BrN2O4. The highest BCUT2D eigenvalue weighted by molar-refractivity contribution is 9.10. The van der Waals surface area contributed by atoms with Crippen molar-refractivity contribution in [2.75, 3.05) is 5.32 Å². The predicted molar refractivity (Wildman–Crippen MR) is 81.3 cm³/mol. The Morgan fingerprint density at radius 3 is 2.57 bits per heavy atom. The van der Waals surface area contributed by atoms with Gasteiger partial charge in [0, 0.05) is 19.5 Å². The number of halogens is 1. The van der Waals surface area contributed by atoms with Gasteiger partial charge in [0.25, 0.3) is 12.3 Å². The number of aromatic nitrogens is 1. The first-order valence-electron chi connectivity index (χ1n) is 6.16. The molecule has 0 aliphatic rings. The third-order valence-electron chi connectivity index (χ3n) is 2.60. The molecule has 7 heteroatoms. The molecule has 0 spiro atoms. The summed E-state index contributed by atoms with van der Waals surface area (Å²) in [6.45, 7) is 6.56. The summed E-state index contributed by atoms with van der Waals surface area (Å²) < 4.78 is 10.5. The van der Waals surface area contributed by atoms with E-state index in [-0.39, 0.29) is 6.47 Å². The van der Waals surface area contributed by atoms with E-state index in [1.54, 1.807) is 26.1 Å². The Kier molecular flexibility index (Phi) is 5.90. The van der Waals surface area contributed by atoms with Gasteiger partial charge in [0.15, 0.2) is 0 Å². The van der Waals surface area contributed by atoms with Crippen molar-refractivity contribution in [3.8, 4) is 0 Å². The van der Waals surface area contributed by atoms with E-state index in [9.17, 15) is 9.59 Å². The van der Waals surface area contributed by atoms with Crippen LogP contribution in [0.2, 0.25) is 0 Å². The van der Waals surface area contributed by atoms with Gasteiger partial charge in [-0.2, -0.15) is 0 Å². The minimum absolute atomic E-state index is 0.241. The van der Waals surface area contributed by atoms with E-state index in [0.717, 1.165) is 10.3 Å². The molecule has 0 bridgehead atoms. The first kappa shape index (κ1) is 17.2. The molecule has 6 nitrogen and oxygen atoms in total. The van der Waals surface area contributed by atoms with Crippen LogP contribution in [0.15, 0.2) is 34.2 Å². The average molecular weight is 357 g/mol. The normalized spacial score (nSPS) is 12.2. The fourth-order valence-electron chi connectivity index (χ4n) is 1.35. The van der Waals surface area contributed by atoms with Gasteiger partial charge >= 0.3 is 5.97 Å². The molecule has 1 N–H and O–H groups in total. The third-order valence-corrected chi connectivity index (χ3v) is 3.07. The van der Waals surface area contributed by atoms with E-state index in [1.807, 2.05) is 6.07 Å². The summed E-state index contributed by atoms with van der Waals surface area (Å²) in [5.41, 5.74) is 1.73. The second-order valence-electron chi connectivity index (χ2n) is 4.75. The smallest absolute Gasteiger partial charge is 0.338 e. The van der Waals surface area contributed by atoms with Crippen LogP contribution in [0.4, 0.5) is 5.69 Å². The second-order valence-corrected chi connectivity index (χ2v) is 5.56. The van der Waals surface area contributed by atoms with Crippen molar-refractivity contribution in [3.05, 3.63) is 34.2 Å². The van der Waals surface area contributed by atoms with Crippen molar-refractivity contribution in [3.63, 3.8) is 0 Å². The standard InChI is InChI=1S/C14H17BrN2O4/c1-9(13(19)21-14(3,4)20-8-18)10(2)17-11-5-6-12(15)16-7-11/h5-8,17H,1-4H3/b10-9-. The van der Waals surface area contributed by atoms with Crippen LogP contribution in [-0.4, -0.2) is 23.2 Å². The maximum absolute atomic E-state index is 12.0. The van der Waals surface area contributed by atoms with Crippen molar-refractivity contribution in [1.82, 2.24) is 4.98 Å². The molecule has 0 aliphatic carbocycles. The van der Waals surface area contributed by atoms with Crippen molar-refractivity contribution < 1.29 is 19.1 Å². The summed E-state index contributed by atoms with van der Waals surface area (Å²) in [4.78, 5) is 26.4. The van der Waals surface area contributed by atoms with Gasteiger partial charge in [-0.25, -0.2) is 9.78 Å². The summed E-state index contributed by atoms with van der Waals surface area (Å²) in [6, 6.07) is 3.60. The molecule has 0 unspecified atom stereocenters. The predicted octanol–water partition coefficient (Wildman–Crippen LogP) is 3.00. The molecule has 1 heterocycles. The van der Waals surface area contributed by atoms with Crippen LogP contribution in [-0.2, 0) is 19.1 Å². The van der Waals surface area contributed by atoms with E-state index in [2.05, 4.69) is 31.0 Å². The Morgan fingerprint density at radius 2 is 2.05 bits per heavy atom. The highest BCUT2D eigenvalue weighted by Crippen LogP contribution is 2.17. The van der Waals surface area contributed by atoms with E-state index < -0.39 is 11.8 Å². The topological polar surface area (TPSA) is 77.5 Å². The van der Waals surface area contributed by atoms with Crippen LogP contribution in [0.5, 0.6) is 0 Å². The Morgan fingerprint density at radius 1 is 1.38 bits per heavy atom. The lowest BCUT2D eigenvalue weighted by molar-refractivity contribution is -0.204. The lowest BCUT2D eigenvalue weighted by Gasteiger charge is -2.23. The molecule has 0 aliphatic heterocycles. The van der Waals surface area contributed by atoms with Gasteiger partial charge in [-0.05, 0) is 41.9 Å². The molecule has 0 radical (unpaired) electrons. The van der Waals surface area contributed by atoms with Gasteiger partial charge in [0.05, 0.1) is 17.5 Å². The van der Waals surface area contributed by atoms with Crippen LogP contribution in [0.25, 0.3) is 0 Å². The highest BCUT2D eigenvalue weighted by Gasteiger charge is 2.25. The van der Waals surface area contributed by atoms with Crippen molar-refractivity contribution in [2.45, 2.75) is 33.5 Å². The van der Waals surface area contributed by atoms with Crippen LogP contribution in [0, 0.1) is 0 Å². The molecule has 0 aromatic carbocycles. The van der Waals surface area contributed by atoms with Crippen molar-refractivity contribution in [2.24, 2.45) is 0 Å². The zero-order chi connectivity index (χ0) is 16.0. The minimum atomic E-state index is -1.31. The zero-order valence-electron chi connectivity index (χ0n) is 12.3. The van der Waals surface area contributed by atoms with Gasteiger partial charge in [0.2, 0.25) is 0 Å². The molecule has 21 heavy (non-hydrogen) atoms. The van der Waals surface area contributed by atoms with Crippen LogP contribution < -0.4 is 5.32 Å². The maximum atomic E-state index is 12.0. The number of nitrogens with one attached hydrogen (secondary N) is 1. The van der Waals surface area contributed by atoms with E-state index in [4.69, 9.17) is 4.74 Å². The van der Waals surface area contributed by atoms with E-state index >= 15 is 0 Å². The van der Waals surface area contributed by atoms with Gasteiger partial charge in [-0.1, -0.05) is 0 Å². The zero-order valence-corrected chi connectivity index (χ0v) is 13.9. The maximum Gasteiger partial charge on any atom is 0.338 e. The number of anilines is 1. The number of carbonyl (C=O) groups is 2. The Labute approximate surface area is 131 Å². The largest absolute Gasteiger partial charge is 0.425 e. The molecule has 0 saturated heterocycles. The summed E-state index contributed by atoms with van der Waals surface area (Å²) in [7, 11) is 0. The number of hydrogen-bond acceptors (Lipinski definition) is 6. The molecule has 0 amide bonds. The molecular weight excluding hydrogens is 340 g/mol. The minimum Gasteiger partial charge on any atom is -0.425 e. The first-order chi connectivity index (χ1) is 9.75. The Hall–Kier alpha value is -1.89. The number of ether oxygens (including phenoxy) is 2. The third kappa shape index (κ3) is 5.55. The number of pyridine rings is 1. The van der Waals surface area contributed by atoms with Gasteiger partial charge in [-0.3, -0.25) is 4.79 Å². The lowest BCUT2D eigenvalue weighted by atomic mass is 10.2. The van der Waals surface area contributed by atoms with Crippen LogP contribution in [0.3, 0.4) is 0 Å². The summed E-state index contributed by atoms with van der Waals surface area (Å²) in [5, 5.41) is 3.05. The molecule has 0 atom stereocenters.